The molecule has 2 aliphatic heterocycles. The Morgan fingerprint density at radius 2 is 1.66 bits per heavy atom. The van der Waals surface area contributed by atoms with Gasteiger partial charge in [0.25, 0.3) is 11.8 Å². The molecule has 2 aliphatic rings. The molecule has 0 saturated heterocycles. The second-order valence-electron chi connectivity index (χ2n) is 7.35. The molecule has 0 aliphatic carbocycles. The molecule has 32 heavy (non-hydrogen) atoms. The summed E-state index contributed by atoms with van der Waals surface area (Å²) >= 11 is 0. The van der Waals surface area contributed by atoms with E-state index in [1.54, 1.807) is 37.4 Å². The van der Waals surface area contributed by atoms with Gasteiger partial charge in [0.1, 0.15) is 11.4 Å². The lowest BCUT2D eigenvalue weighted by molar-refractivity contribution is -0.137. The van der Waals surface area contributed by atoms with Crippen LogP contribution in [-0.2, 0) is 16.1 Å². The molecule has 5 rings (SSSR count). The molecule has 0 spiro atoms. The van der Waals surface area contributed by atoms with Gasteiger partial charge in [0.05, 0.1) is 19.2 Å². The number of nitrogens with zero attached hydrogens (tertiary/aromatic N) is 1. The highest BCUT2D eigenvalue weighted by Crippen LogP contribution is 2.36. The van der Waals surface area contributed by atoms with E-state index in [9.17, 15) is 9.59 Å². The molecule has 1 N–H and O–H groups in total. The van der Waals surface area contributed by atoms with E-state index in [1.165, 1.54) is 4.90 Å². The number of rotatable bonds is 6. The Morgan fingerprint density at radius 1 is 0.906 bits per heavy atom. The summed E-state index contributed by atoms with van der Waals surface area (Å²) in [6, 6.07) is 21.8. The third kappa shape index (κ3) is 3.54. The second-order valence-corrected chi connectivity index (χ2v) is 7.35. The van der Waals surface area contributed by atoms with Crippen molar-refractivity contribution in [2.75, 3.05) is 19.2 Å². The molecule has 7 nitrogen and oxygen atoms in total. The lowest BCUT2D eigenvalue weighted by Gasteiger charge is -2.16. The van der Waals surface area contributed by atoms with E-state index < -0.39 is 0 Å². The first-order chi connectivity index (χ1) is 15.6. The van der Waals surface area contributed by atoms with Gasteiger partial charge in [0.2, 0.25) is 6.79 Å². The molecular formula is C25H20N2O5. The van der Waals surface area contributed by atoms with Crippen molar-refractivity contribution in [1.82, 2.24) is 4.90 Å². The number of anilines is 1. The van der Waals surface area contributed by atoms with Crippen LogP contribution in [0.2, 0.25) is 0 Å². The molecule has 0 radical (unpaired) electrons. The Kier molecular flexibility index (Phi) is 4.99. The minimum Gasteiger partial charge on any atom is -0.497 e. The Balaban J connectivity index is 1.49. The normalized spacial score (nSPS) is 14.8. The fourth-order valence-electron chi connectivity index (χ4n) is 3.74. The number of hydrogen-bond donors (Lipinski definition) is 1. The van der Waals surface area contributed by atoms with Crippen LogP contribution in [0.4, 0.5) is 5.69 Å². The van der Waals surface area contributed by atoms with Crippen molar-refractivity contribution in [3.05, 3.63) is 89.6 Å². The van der Waals surface area contributed by atoms with Crippen molar-refractivity contribution >= 4 is 23.1 Å². The molecule has 0 atom stereocenters. The standard InChI is InChI=1S/C25H20N2O5/c1-30-19-10-7-16(8-11-19)14-27-24(28)22(17-5-3-2-4-6-17)23(25(27)29)26-18-9-12-20-21(13-18)32-15-31-20/h2-13,26H,14-15H2,1H3. The summed E-state index contributed by atoms with van der Waals surface area (Å²) in [6.07, 6.45) is 0. The first kappa shape index (κ1) is 19.7. The number of hydrogen-bond acceptors (Lipinski definition) is 6. The van der Waals surface area contributed by atoms with Gasteiger partial charge in [-0.25, -0.2) is 0 Å². The molecule has 2 heterocycles. The number of nitrogens with one attached hydrogen (secondary N) is 1. The summed E-state index contributed by atoms with van der Waals surface area (Å²) in [5.74, 6) is 1.20. The Bertz CT molecular complexity index is 1220. The number of methoxy groups -OCH3 is 1. The van der Waals surface area contributed by atoms with Crippen LogP contribution in [0.3, 0.4) is 0 Å². The minimum absolute atomic E-state index is 0.157. The molecule has 7 heteroatoms. The maximum Gasteiger partial charge on any atom is 0.278 e. The van der Waals surface area contributed by atoms with E-state index in [2.05, 4.69) is 5.32 Å². The maximum atomic E-state index is 13.4. The zero-order valence-corrected chi connectivity index (χ0v) is 17.3. The molecule has 3 aromatic carbocycles. The van der Waals surface area contributed by atoms with Crippen LogP contribution in [-0.4, -0.2) is 30.6 Å². The summed E-state index contributed by atoms with van der Waals surface area (Å²) in [5.41, 5.74) is 2.69. The first-order valence-electron chi connectivity index (χ1n) is 10.1. The molecule has 160 valence electrons. The van der Waals surface area contributed by atoms with Crippen LogP contribution in [0.25, 0.3) is 5.57 Å². The predicted molar refractivity (Wildman–Crippen MR) is 118 cm³/mol. The quantitative estimate of drug-likeness (QED) is 0.602. The number of amides is 2. The van der Waals surface area contributed by atoms with Crippen molar-refractivity contribution in [2.24, 2.45) is 0 Å². The van der Waals surface area contributed by atoms with E-state index in [-0.39, 0.29) is 30.8 Å². The fourth-order valence-corrected chi connectivity index (χ4v) is 3.74. The van der Waals surface area contributed by atoms with Crippen molar-refractivity contribution in [3.63, 3.8) is 0 Å². The van der Waals surface area contributed by atoms with Crippen molar-refractivity contribution in [3.8, 4) is 17.2 Å². The SMILES string of the molecule is COc1ccc(CN2C(=O)C(Nc3ccc4c(c3)OCO4)=C(c3ccccc3)C2=O)cc1. The van der Waals surface area contributed by atoms with Crippen molar-refractivity contribution in [1.29, 1.82) is 0 Å². The van der Waals surface area contributed by atoms with Crippen LogP contribution in [0.15, 0.2) is 78.5 Å². The number of carbonyl (C=O) groups excluding carboxylic acids is 2. The van der Waals surface area contributed by atoms with Gasteiger partial charge in [-0.05, 0) is 35.4 Å². The molecule has 0 aromatic heterocycles. The van der Waals surface area contributed by atoms with Crippen LogP contribution in [0.5, 0.6) is 17.2 Å². The topological polar surface area (TPSA) is 77.1 Å². The summed E-state index contributed by atoms with van der Waals surface area (Å²) < 4.78 is 16.0. The lowest BCUT2D eigenvalue weighted by Crippen LogP contribution is -2.32. The fraction of sp³-hybridized carbons (Fsp3) is 0.120. The maximum absolute atomic E-state index is 13.4. The van der Waals surface area contributed by atoms with Gasteiger partial charge >= 0.3 is 0 Å². The summed E-state index contributed by atoms with van der Waals surface area (Å²) in [4.78, 5) is 28.0. The summed E-state index contributed by atoms with van der Waals surface area (Å²) in [7, 11) is 1.59. The molecule has 3 aromatic rings. The highest BCUT2D eigenvalue weighted by molar-refractivity contribution is 6.36. The van der Waals surface area contributed by atoms with Crippen molar-refractivity contribution in [2.45, 2.75) is 6.54 Å². The monoisotopic (exact) mass is 428 g/mol. The average Bonchev–Trinajstić information content (AvgIpc) is 3.38. The summed E-state index contributed by atoms with van der Waals surface area (Å²) in [6.45, 7) is 0.314. The van der Waals surface area contributed by atoms with Crippen molar-refractivity contribution < 1.29 is 23.8 Å². The van der Waals surface area contributed by atoms with Gasteiger partial charge in [0, 0.05) is 11.8 Å². The first-order valence-corrected chi connectivity index (χ1v) is 10.1. The van der Waals surface area contributed by atoms with Gasteiger partial charge in [-0.15, -0.1) is 0 Å². The number of fused-ring (bicyclic) bond motifs is 1. The number of ether oxygens (including phenoxy) is 3. The molecule has 0 fully saturated rings. The van der Waals surface area contributed by atoms with Crippen LogP contribution >= 0.6 is 0 Å². The zero-order valence-electron chi connectivity index (χ0n) is 17.3. The van der Waals surface area contributed by atoms with Crippen LogP contribution in [0, 0.1) is 0 Å². The highest BCUT2D eigenvalue weighted by Gasteiger charge is 2.39. The smallest absolute Gasteiger partial charge is 0.278 e. The predicted octanol–water partition coefficient (Wildman–Crippen LogP) is 3.82. The van der Waals surface area contributed by atoms with Gasteiger partial charge in [-0.1, -0.05) is 42.5 Å². The molecule has 0 saturated carbocycles. The van der Waals surface area contributed by atoms with E-state index >= 15 is 0 Å². The van der Waals surface area contributed by atoms with E-state index in [1.807, 2.05) is 42.5 Å². The zero-order chi connectivity index (χ0) is 22.1. The van der Waals surface area contributed by atoms with Gasteiger partial charge in [-0.2, -0.15) is 0 Å². The molecular weight excluding hydrogens is 408 g/mol. The second kappa shape index (κ2) is 8.11. The molecule has 2 amide bonds. The van der Waals surface area contributed by atoms with Gasteiger partial charge in [0.15, 0.2) is 11.5 Å². The lowest BCUT2D eigenvalue weighted by atomic mass is 10.0. The van der Waals surface area contributed by atoms with E-state index in [0.29, 0.717) is 34.1 Å². The third-order valence-electron chi connectivity index (χ3n) is 5.37. The minimum atomic E-state index is -0.387. The third-order valence-corrected chi connectivity index (χ3v) is 5.37. The highest BCUT2D eigenvalue weighted by atomic mass is 16.7. The number of imide groups is 1. The number of benzene rings is 3. The van der Waals surface area contributed by atoms with Crippen LogP contribution < -0.4 is 19.5 Å². The van der Waals surface area contributed by atoms with Crippen LogP contribution in [0.1, 0.15) is 11.1 Å². The Morgan fingerprint density at radius 3 is 2.41 bits per heavy atom. The van der Waals surface area contributed by atoms with Gasteiger partial charge in [-0.3, -0.25) is 14.5 Å². The Hall–Kier alpha value is -4.26. The van der Waals surface area contributed by atoms with Gasteiger partial charge < -0.3 is 19.5 Å². The summed E-state index contributed by atoms with van der Waals surface area (Å²) in [5, 5.41) is 3.15. The largest absolute Gasteiger partial charge is 0.497 e. The average molecular weight is 428 g/mol. The molecule has 0 unspecified atom stereocenters. The number of carbonyl (C=O) groups is 2. The van der Waals surface area contributed by atoms with E-state index in [0.717, 1.165) is 5.56 Å². The Labute approximate surface area is 184 Å². The molecule has 0 bridgehead atoms. The van der Waals surface area contributed by atoms with E-state index in [4.69, 9.17) is 14.2 Å².